The van der Waals surface area contributed by atoms with E-state index in [9.17, 15) is 13.6 Å². The van der Waals surface area contributed by atoms with Gasteiger partial charge in [0.25, 0.3) is 0 Å². The number of carbonyl (C=O) groups is 1. The number of carbonyl (C=O) groups excluding carboxylic acids is 1. The Bertz CT molecular complexity index is 432. The van der Waals surface area contributed by atoms with Crippen molar-refractivity contribution in [2.75, 3.05) is 6.54 Å². The Kier molecular flexibility index (Phi) is 6.09. The summed E-state index contributed by atoms with van der Waals surface area (Å²) in [5.41, 5.74) is 5.51. The van der Waals surface area contributed by atoms with E-state index in [0.717, 1.165) is 18.6 Å². The SMILES string of the molecule is CC(C)C(CCN)CCC(=O)c1ccc(F)cc1F. The second kappa shape index (κ2) is 7.34. The van der Waals surface area contributed by atoms with Crippen molar-refractivity contribution in [2.45, 2.75) is 33.1 Å². The number of hydrogen-bond acceptors (Lipinski definition) is 2. The monoisotopic (exact) mass is 269 g/mol. The van der Waals surface area contributed by atoms with Crippen molar-refractivity contribution in [2.24, 2.45) is 17.6 Å². The van der Waals surface area contributed by atoms with Crippen molar-refractivity contribution in [3.05, 3.63) is 35.4 Å². The third-order valence-corrected chi connectivity index (χ3v) is 3.45. The van der Waals surface area contributed by atoms with Crippen LogP contribution >= 0.6 is 0 Å². The Morgan fingerprint density at radius 1 is 1.26 bits per heavy atom. The summed E-state index contributed by atoms with van der Waals surface area (Å²) >= 11 is 0. The average molecular weight is 269 g/mol. The Labute approximate surface area is 113 Å². The molecule has 2 nitrogen and oxygen atoms in total. The van der Waals surface area contributed by atoms with Gasteiger partial charge in [-0.1, -0.05) is 13.8 Å². The minimum Gasteiger partial charge on any atom is -0.330 e. The van der Waals surface area contributed by atoms with Crippen LogP contribution in [0.1, 0.15) is 43.5 Å². The maximum absolute atomic E-state index is 13.5. The van der Waals surface area contributed by atoms with Gasteiger partial charge in [0.05, 0.1) is 5.56 Å². The van der Waals surface area contributed by atoms with Crippen LogP contribution in [0.15, 0.2) is 18.2 Å². The molecular weight excluding hydrogens is 248 g/mol. The van der Waals surface area contributed by atoms with Gasteiger partial charge in [0, 0.05) is 12.5 Å². The lowest BCUT2D eigenvalue weighted by atomic mass is 9.87. The van der Waals surface area contributed by atoms with E-state index in [4.69, 9.17) is 5.73 Å². The second-order valence-electron chi connectivity index (χ2n) is 5.17. The molecule has 0 aliphatic heterocycles. The number of rotatable bonds is 7. The number of hydrogen-bond donors (Lipinski definition) is 1. The highest BCUT2D eigenvalue weighted by atomic mass is 19.1. The highest BCUT2D eigenvalue weighted by Gasteiger charge is 2.17. The normalized spacial score (nSPS) is 12.7. The Morgan fingerprint density at radius 3 is 2.47 bits per heavy atom. The summed E-state index contributed by atoms with van der Waals surface area (Å²) in [5.74, 6) is -0.936. The van der Waals surface area contributed by atoms with Crippen molar-refractivity contribution in [1.82, 2.24) is 0 Å². The van der Waals surface area contributed by atoms with E-state index in [1.807, 2.05) is 0 Å². The predicted octanol–water partition coefficient (Wildman–Crippen LogP) is 3.55. The Balaban J connectivity index is 2.64. The molecule has 106 valence electrons. The Morgan fingerprint density at radius 2 is 1.95 bits per heavy atom. The Hall–Kier alpha value is -1.29. The molecule has 1 rings (SSSR count). The molecule has 0 bridgehead atoms. The van der Waals surface area contributed by atoms with Crippen molar-refractivity contribution in [3.8, 4) is 0 Å². The third-order valence-electron chi connectivity index (χ3n) is 3.45. The van der Waals surface area contributed by atoms with Gasteiger partial charge in [0.2, 0.25) is 0 Å². The van der Waals surface area contributed by atoms with E-state index in [0.29, 0.717) is 24.8 Å². The van der Waals surface area contributed by atoms with Crippen molar-refractivity contribution in [3.63, 3.8) is 0 Å². The summed E-state index contributed by atoms with van der Waals surface area (Å²) in [6, 6.07) is 3.06. The summed E-state index contributed by atoms with van der Waals surface area (Å²) in [7, 11) is 0. The van der Waals surface area contributed by atoms with Crippen LogP contribution in [0.2, 0.25) is 0 Å². The van der Waals surface area contributed by atoms with Gasteiger partial charge in [-0.2, -0.15) is 0 Å². The highest BCUT2D eigenvalue weighted by molar-refractivity contribution is 5.96. The van der Waals surface area contributed by atoms with E-state index >= 15 is 0 Å². The molecule has 0 saturated carbocycles. The van der Waals surface area contributed by atoms with Crippen molar-refractivity contribution in [1.29, 1.82) is 0 Å². The van der Waals surface area contributed by atoms with E-state index in [-0.39, 0.29) is 17.8 Å². The molecule has 0 aromatic heterocycles. The number of Topliss-reactive ketones (excluding diaryl/α,β-unsaturated/α-hetero) is 1. The fourth-order valence-electron chi connectivity index (χ4n) is 2.19. The molecule has 0 saturated heterocycles. The molecule has 1 aromatic rings. The largest absolute Gasteiger partial charge is 0.330 e. The molecule has 0 heterocycles. The average Bonchev–Trinajstić information content (AvgIpc) is 2.33. The zero-order valence-electron chi connectivity index (χ0n) is 11.5. The maximum atomic E-state index is 13.5. The van der Waals surface area contributed by atoms with Gasteiger partial charge in [-0.25, -0.2) is 8.78 Å². The third kappa shape index (κ3) is 4.71. The lowest BCUT2D eigenvalue weighted by Gasteiger charge is -2.19. The van der Waals surface area contributed by atoms with Crippen LogP contribution in [0.25, 0.3) is 0 Å². The molecule has 0 radical (unpaired) electrons. The van der Waals surface area contributed by atoms with E-state index in [1.165, 1.54) is 6.07 Å². The van der Waals surface area contributed by atoms with Crippen LogP contribution < -0.4 is 5.73 Å². The van der Waals surface area contributed by atoms with E-state index in [2.05, 4.69) is 13.8 Å². The molecule has 1 aromatic carbocycles. The first-order valence-electron chi connectivity index (χ1n) is 6.64. The first kappa shape index (κ1) is 15.8. The van der Waals surface area contributed by atoms with E-state index < -0.39 is 11.6 Å². The summed E-state index contributed by atoms with van der Waals surface area (Å²) in [5, 5.41) is 0. The lowest BCUT2D eigenvalue weighted by Crippen LogP contribution is -2.16. The number of halogens is 2. The smallest absolute Gasteiger partial charge is 0.165 e. The molecule has 0 spiro atoms. The number of nitrogens with two attached hydrogens (primary N) is 1. The van der Waals surface area contributed by atoms with Gasteiger partial charge in [-0.15, -0.1) is 0 Å². The highest BCUT2D eigenvalue weighted by Crippen LogP contribution is 2.22. The fraction of sp³-hybridized carbons (Fsp3) is 0.533. The minimum absolute atomic E-state index is 0.0309. The lowest BCUT2D eigenvalue weighted by molar-refractivity contribution is 0.0965. The zero-order valence-corrected chi connectivity index (χ0v) is 11.5. The van der Waals surface area contributed by atoms with Crippen molar-refractivity contribution < 1.29 is 13.6 Å². The quantitative estimate of drug-likeness (QED) is 0.769. The molecule has 1 atom stereocenters. The summed E-state index contributed by atoms with van der Waals surface area (Å²) in [6.07, 6.45) is 1.81. The first-order chi connectivity index (χ1) is 8.95. The van der Waals surface area contributed by atoms with Gasteiger partial charge in [-0.05, 0) is 43.4 Å². The summed E-state index contributed by atoms with van der Waals surface area (Å²) < 4.78 is 26.2. The summed E-state index contributed by atoms with van der Waals surface area (Å²) in [6.45, 7) is 4.76. The molecule has 4 heteroatoms. The van der Waals surface area contributed by atoms with Crippen LogP contribution in [-0.4, -0.2) is 12.3 Å². The number of benzene rings is 1. The second-order valence-corrected chi connectivity index (χ2v) is 5.17. The first-order valence-corrected chi connectivity index (χ1v) is 6.64. The van der Waals surface area contributed by atoms with Crippen LogP contribution in [0, 0.1) is 23.5 Å². The van der Waals surface area contributed by atoms with Crippen LogP contribution in [0.3, 0.4) is 0 Å². The minimum atomic E-state index is -0.787. The molecule has 0 fully saturated rings. The van der Waals surface area contributed by atoms with Gasteiger partial charge < -0.3 is 5.73 Å². The molecular formula is C15H21F2NO. The van der Waals surface area contributed by atoms with Gasteiger partial charge >= 0.3 is 0 Å². The number of ketones is 1. The van der Waals surface area contributed by atoms with Crippen LogP contribution in [0.5, 0.6) is 0 Å². The molecule has 0 aliphatic carbocycles. The van der Waals surface area contributed by atoms with Gasteiger partial charge in [0.15, 0.2) is 5.78 Å². The maximum Gasteiger partial charge on any atom is 0.165 e. The fourth-order valence-corrected chi connectivity index (χ4v) is 2.19. The summed E-state index contributed by atoms with van der Waals surface area (Å²) in [4.78, 5) is 11.9. The molecule has 2 N–H and O–H groups in total. The van der Waals surface area contributed by atoms with Gasteiger partial charge in [-0.3, -0.25) is 4.79 Å². The topological polar surface area (TPSA) is 43.1 Å². The molecule has 19 heavy (non-hydrogen) atoms. The van der Waals surface area contributed by atoms with Crippen LogP contribution in [-0.2, 0) is 0 Å². The van der Waals surface area contributed by atoms with Crippen molar-refractivity contribution >= 4 is 5.78 Å². The molecule has 0 amide bonds. The zero-order chi connectivity index (χ0) is 14.4. The van der Waals surface area contributed by atoms with Crippen LogP contribution in [0.4, 0.5) is 8.78 Å². The standard InChI is InChI=1S/C15H21F2NO/c1-10(2)11(7-8-18)3-6-15(19)13-5-4-12(16)9-14(13)17/h4-5,9-11H,3,6-8,18H2,1-2H3. The molecule has 0 aliphatic rings. The van der Waals surface area contributed by atoms with Gasteiger partial charge in [0.1, 0.15) is 11.6 Å². The molecule has 1 unspecified atom stereocenters. The van der Waals surface area contributed by atoms with E-state index in [1.54, 1.807) is 0 Å². The predicted molar refractivity (Wildman–Crippen MR) is 71.9 cm³/mol.